The number of carbonyl (C=O) groups excluding carboxylic acids is 2. The second-order valence-corrected chi connectivity index (χ2v) is 8.28. The lowest BCUT2D eigenvalue weighted by Gasteiger charge is -2.41. The van der Waals surface area contributed by atoms with E-state index in [1.165, 1.54) is 18.2 Å². The van der Waals surface area contributed by atoms with Crippen molar-refractivity contribution in [3.8, 4) is 0 Å². The zero-order valence-electron chi connectivity index (χ0n) is 13.1. The maximum Gasteiger partial charge on any atom is 0.323 e. The van der Waals surface area contributed by atoms with Crippen LogP contribution >= 0.6 is 23.4 Å². The van der Waals surface area contributed by atoms with Crippen LogP contribution in [0.5, 0.6) is 0 Å². The number of nitrogens with zero attached hydrogens (tertiary/aromatic N) is 2. The van der Waals surface area contributed by atoms with Crippen LogP contribution in [0.4, 0.5) is 4.79 Å². The number of urea groups is 1. The summed E-state index contributed by atoms with van der Waals surface area (Å²) in [6.07, 6.45) is 6.85. The SMILES string of the molecule is O=C1CC[C@H](N(C(=O)NC2=NCC(Cl)S2)C2CCCCC2)CN1. The summed E-state index contributed by atoms with van der Waals surface area (Å²) >= 11 is 7.41. The van der Waals surface area contributed by atoms with Gasteiger partial charge in [0.15, 0.2) is 5.17 Å². The summed E-state index contributed by atoms with van der Waals surface area (Å²) < 4.78 is -0.0950. The van der Waals surface area contributed by atoms with Crippen LogP contribution in [-0.2, 0) is 4.79 Å². The van der Waals surface area contributed by atoms with E-state index in [-0.39, 0.29) is 28.7 Å². The minimum Gasteiger partial charge on any atom is -0.354 e. The number of nitrogens with one attached hydrogen (secondary N) is 2. The quantitative estimate of drug-likeness (QED) is 0.744. The molecule has 2 N–H and O–H groups in total. The van der Waals surface area contributed by atoms with Crippen molar-refractivity contribution in [1.82, 2.24) is 15.5 Å². The van der Waals surface area contributed by atoms with E-state index in [0.29, 0.717) is 24.7 Å². The van der Waals surface area contributed by atoms with Gasteiger partial charge in [0.25, 0.3) is 0 Å². The maximum atomic E-state index is 12.9. The molecule has 2 aliphatic heterocycles. The van der Waals surface area contributed by atoms with Gasteiger partial charge in [-0.1, -0.05) is 31.0 Å². The van der Waals surface area contributed by atoms with Crippen molar-refractivity contribution in [2.45, 2.75) is 61.7 Å². The van der Waals surface area contributed by atoms with Crippen molar-refractivity contribution in [3.05, 3.63) is 0 Å². The van der Waals surface area contributed by atoms with Crippen LogP contribution in [0.2, 0.25) is 0 Å². The highest BCUT2D eigenvalue weighted by Gasteiger charge is 2.34. The Labute approximate surface area is 145 Å². The highest BCUT2D eigenvalue weighted by Crippen LogP contribution is 2.27. The summed E-state index contributed by atoms with van der Waals surface area (Å²) in [6.45, 7) is 1.07. The molecule has 0 aromatic carbocycles. The average Bonchev–Trinajstić information content (AvgIpc) is 2.95. The van der Waals surface area contributed by atoms with Crippen molar-refractivity contribution < 1.29 is 9.59 Å². The van der Waals surface area contributed by atoms with E-state index in [2.05, 4.69) is 15.6 Å². The van der Waals surface area contributed by atoms with E-state index in [9.17, 15) is 9.59 Å². The predicted octanol–water partition coefficient (Wildman–Crippen LogP) is 2.28. The van der Waals surface area contributed by atoms with Gasteiger partial charge in [-0.2, -0.15) is 0 Å². The number of aliphatic imine (C=N–C) groups is 1. The molecule has 1 aliphatic carbocycles. The van der Waals surface area contributed by atoms with Crippen LogP contribution in [-0.4, -0.2) is 51.9 Å². The molecule has 0 bridgehead atoms. The highest BCUT2D eigenvalue weighted by atomic mass is 35.5. The summed E-state index contributed by atoms with van der Waals surface area (Å²) in [5.41, 5.74) is 0. The van der Waals surface area contributed by atoms with Crippen LogP contribution < -0.4 is 10.6 Å². The van der Waals surface area contributed by atoms with E-state index in [0.717, 1.165) is 32.1 Å². The fourth-order valence-electron chi connectivity index (χ4n) is 3.52. The number of amides is 3. The first-order valence-electron chi connectivity index (χ1n) is 8.34. The number of hydrogen-bond acceptors (Lipinski definition) is 4. The van der Waals surface area contributed by atoms with Gasteiger partial charge in [-0.05, 0) is 19.3 Å². The van der Waals surface area contributed by atoms with E-state index in [4.69, 9.17) is 11.6 Å². The van der Waals surface area contributed by atoms with Crippen LogP contribution in [0.1, 0.15) is 44.9 Å². The predicted molar refractivity (Wildman–Crippen MR) is 92.8 cm³/mol. The van der Waals surface area contributed by atoms with Crippen molar-refractivity contribution in [3.63, 3.8) is 0 Å². The molecule has 6 nitrogen and oxygen atoms in total. The topological polar surface area (TPSA) is 73.8 Å². The molecule has 1 unspecified atom stereocenters. The van der Waals surface area contributed by atoms with Gasteiger partial charge in [0.05, 0.1) is 12.6 Å². The number of halogens is 1. The number of rotatable bonds is 2. The number of carbonyl (C=O) groups is 2. The lowest BCUT2D eigenvalue weighted by atomic mass is 9.92. The summed E-state index contributed by atoms with van der Waals surface area (Å²) in [5.74, 6) is 0.0750. The normalized spacial score (nSPS) is 28.9. The molecule has 3 amide bonds. The van der Waals surface area contributed by atoms with Gasteiger partial charge < -0.3 is 10.2 Å². The molecule has 1 saturated carbocycles. The van der Waals surface area contributed by atoms with E-state index in [1.54, 1.807) is 0 Å². The summed E-state index contributed by atoms with van der Waals surface area (Å²) in [6, 6.07) is 0.215. The summed E-state index contributed by atoms with van der Waals surface area (Å²) in [7, 11) is 0. The van der Waals surface area contributed by atoms with Gasteiger partial charge >= 0.3 is 6.03 Å². The number of alkyl halides is 1. The van der Waals surface area contributed by atoms with Crippen molar-refractivity contribution in [2.75, 3.05) is 13.1 Å². The Bertz CT molecular complexity index is 486. The van der Waals surface area contributed by atoms with Crippen LogP contribution in [0, 0.1) is 0 Å². The molecule has 2 atom stereocenters. The van der Waals surface area contributed by atoms with Crippen molar-refractivity contribution in [2.24, 2.45) is 4.99 Å². The summed E-state index contributed by atoms with van der Waals surface area (Å²) in [4.78, 5) is 30.5. The van der Waals surface area contributed by atoms with Gasteiger partial charge in [-0.15, -0.1) is 11.6 Å². The fraction of sp³-hybridized carbons (Fsp3) is 0.800. The van der Waals surface area contributed by atoms with Gasteiger partial charge in [0, 0.05) is 19.0 Å². The Morgan fingerprint density at radius 3 is 2.65 bits per heavy atom. The highest BCUT2D eigenvalue weighted by molar-refractivity contribution is 8.15. The van der Waals surface area contributed by atoms with Gasteiger partial charge in [0.2, 0.25) is 5.91 Å². The number of piperidine rings is 1. The van der Waals surface area contributed by atoms with Crippen LogP contribution in [0.15, 0.2) is 4.99 Å². The molecule has 2 heterocycles. The monoisotopic (exact) mass is 358 g/mol. The van der Waals surface area contributed by atoms with Crippen molar-refractivity contribution in [1.29, 1.82) is 0 Å². The zero-order chi connectivity index (χ0) is 16.2. The standard InChI is InChI=1S/C15H23ClN4O2S/c16-12-9-18-14(23-12)19-15(22)20(10-4-2-1-3-5-10)11-6-7-13(21)17-8-11/h10-12H,1-9H2,(H,17,21)(H,18,19,22)/t11-,12?/m0/s1. The molecule has 0 radical (unpaired) electrons. The largest absolute Gasteiger partial charge is 0.354 e. The molecule has 3 rings (SSSR count). The molecular formula is C15H23ClN4O2S. The number of thioether (sulfide) groups is 1. The smallest absolute Gasteiger partial charge is 0.323 e. The second kappa shape index (κ2) is 7.75. The van der Waals surface area contributed by atoms with Gasteiger partial charge in [0.1, 0.15) is 4.71 Å². The lowest BCUT2D eigenvalue weighted by Crippen LogP contribution is -2.57. The third-order valence-corrected chi connectivity index (χ3v) is 5.93. The molecular weight excluding hydrogens is 336 g/mol. The molecule has 1 saturated heterocycles. The Balaban J connectivity index is 1.68. The molecule has 23 heavy (non-hydrogen) atoms. The first kappa shape index (κ1) is 16.9. The minimum absolute atomic E-state index is 0.0644. The van der Waals surface area contributed by atoms with Crippen LogP contribution in [0.3, 0.4) is 0 Å². The molecule has 8 heteroatoms. The number of amidine groups is 1. The van der Waals surface area contributed by atoms with Gasteiger partial charge in [-0.25, -0.2) is 4.79 Å². The molecule has 0 aromatic heterocycles. The Hall–Kier alpha value is -0.950. The maximum absolute atomic E-state index is 12.9. The molecule has 3 aliphatic rings. The van der Waals surface area contributed by atoms with E-state index in [1.807, 2.05) is 4.90 Å². The Kier molecular flexibility index (Phi) is 5.69. The third-order valence-electron chi connectivity index (χ3n) is 4.67. The first-order valence-corrected chi connectivity index (χ1v) is 9.66. The Morgan fingerprint density at radius 2 is 2.04 bits per heavy atom. The average molecular weight is 359 g/mol. The van der Waals surface area contributed by atoms with Gasteiger partial charge in [-0.3, -0.25) is 15.1 Å². The number of hydrogen-bond donors (Lipinski definition) is 2. The molecule has 128 valence electrons. The van der Waals surface area contributed by atoms with Crippen molar-refractivity contribution >= 4 is 40.5 Å². The minimum atomic E-state index is -0.102. The molecule has 0 spiro atoms. The third kappa shape index (κ3) is 4.32. The first-order chi connectivity index (χ1) is 11.1. The Morgan fingerprint density at radius 1 is 1.26 bits per heavy atom. The lowest BCUT2D eigenvalue weighted by molar-refractivity contribution is -0.123. The molecule has 0 aromatic rings. The second-order valence-electron chi connectivity index (χ2n) is 6.30. The summed E-state index contributed by atoms with van der Waals surface area (Å²) in [5, 5.41) is 6.42. The zero-order valence-corrected chi connectivity index (χ0v) is 14.7. The van der Waals surface area contributed by atoms with E-state index >= 15 is 0 Å². The fourth-order valence-corrected chi connectivity index (χ4v) is 4.53. The molecule has 2 fully saturated rings. The van der Waals surface area contributed by atoms with E-state index < -0.39 is 0 Å². The van der Waals surface area contributed by atoms with Crippen LogP contribution in [0.25, 0.3) is 0 Å².